The van der Waals surface area contributed by atoms with Crippen molar-refractivity contribution in [3.8, 4) is 0 Å². The molecule has 1 nitrogen and oxygen atoms in total. The summed E-state index contributed by atoms with van der Waals surface area (Å²) >= 11 is 0. The fourth-order valence-corrected chi connectivity index (χ4v) is 1.89. The first-order chi connectivity index (χ1) is 8.31. The third-order valence-electron chi connectivity index (χ3n) is 3.05. The fourth-order valence-electron chi connectivity index (χ4n) is 1.89. The van der Waals surface area contributed by atoms with Gasteiger partial charge in [0, 0.05) is 6.42 Å². The van der Waals surface area contributed by atoms with Crippen LogP contribution in [0.1, 0.15) is 84.5 Å². The average Bonchev–Trinajstić information content (AvgIpc) is 2.33. The van der Waals surface area contributed by atoms with E-state index < -0.39 is 0 Å². The summed E-state index contributed by atoms with van der Waals surface area (Å²) in [5.41, 5.74) is 0. The molecule has 0 radical (unpaired) electrons. The second kappa shape index (κ2) is 13.5. The van der Waals surface area contributed by atoms with E-state index in [-0.39, 0.29) is 0 Å². The van der Waals surface area contributed by atoms with Crippen LogP contribution in [0.3, 0.4) is 0 Å². The van der Waals surface area contributed by atoms with Crippen molar-refractivity contribution < 1.29 is 4.79 Å². The average molecular weight is 238 g/mol. The van der Waals surface area contributed by atoms with Crippen LogP contribution in [0.2, 0.25) is 0 Å². The molecule has 17 heavy (non-hydrogen) atoms. The summed E-state index contributed by atoms with van der Waals surface area (Å²) < 4.78 is 0. The molecule has 0 aromatic rings. The van der Waals surface area contributed by atoms with Gasteiger partial charge in [-0.15, -0.1) is 0 Å². The number of hydrogen-bond donors (Lipinski definition) is 0. The van der Waals surface area contributed by atoms with Crippen molar-refractivity contribution in [2.24, 2.45) is 0 Å². The zero-order valence-electron chi connectivity index (χ0n) is 11.8. The molecule has 0 rings (SSSR count). The molecule has 0 amide bonds. The number of ketones is 1. The predicted molar refractivity (Wildman–Crippen MR) is 76.3 cm³/mol. The molecule has 0 fully saturated rings. The van der Waals surface area contributed by atoms with Gasteiger partial charge in [-0.1, -0.05) is 64.9 Å². The molecule has 0 aromatic carbocycles. The third-order valence-corrected chi connectivity index (χ3v) is 3.05. The molecule has 0 heterocycles. The summed E-state index contributed by atoms with van der Waals surface area (Å²) in [6.45, 7) is 4.43. The third kappa shape index (κ3) is 13.3. The van der Waals surface area contributed by atoms with E-state index in [1.54, 1.807) is 6.08 Å². The van der Waals surface area contributed by atoms with Gasteiger partial charge in [0.25, 0.3) is 0 Å². The van der Waals surface area contributed by atoms with Gasteiger partial charge in [-0.25, -0.2) is 0 Å². The molecule has 0 saturated heterocycles. The smallest absolute Gasteiger partial charge is 0.155 e. The van der Waals surface area contributed by atoms with Crippen LogP contribution >= 0.6 is 0 Å². The Morgan fingerprint density at radius 2 is 1.41 bits per heavy atom. The van der Waals surface area contributed by atoms with Crippen LogP contribution in [0, 0.1) is 0 Å². The van der Waals surface area contributed by atoms with Crippen LogP contribution in [0.4, 0.5) is 0 Å². The lowest BCUT2D eigenvalue weighted by molar-refractivity contribution is -0.114. The van der Waals surface area contributed by atoms with Gasteiger partial charge in [-0.05, 0) is 25.3 Å². The van der Waals surface area contributed by atoms with E-state index in [2.05, 4.69) is 19.9 Å². The van der Waals surface area contributed by atoms with Gasteiger partial charge in [-0.2, -0.15) is 0 Å². The van der Waals surface area contributed by atoms with Crippen LogP contribution < -0.4 is 0 Å². The monoisotopic (exact) mass is 238 g/mol. The first kappa shape index (κ1) is 16.4. The second-order valence-electron chi connectivity index (χ2n) is 4.88. The highest BCUT2D eigenvalue weighted by Crippen LogP contribution is 2.06. The maximum atomic E-state index is 11.5. The Bertz CT molecular complexity index is 194. The lowest BCUT2D eigenvalue weighted by Crippen LogP contribution is -1.92. The number of hydrogen-bond acceptors (Lipinski definition) is 1. The molecule has 1 heteroatoms. The van der Waals surface area contributed by atoms with E-state index in [1.165, 1.54) is 51.4 Å². The summed E-state index contributed by atoms with van der Waals surface area (Å²) in [5.74, 6) is 0.315. The van der Waals surface area contributed by atoms with Gasteiger partial charge in [0.2, 0.25) is 0 Å². The molecule has 0 aliphatic rings. The first-order valence-electron chi connectivity index (χ1n) is 7.50. The highest BCUT2D eigenvalue weighted by Gasteiger charge is 1.95. The van der Waals surface area contributed by atoms with Gasteiger partial charge in [-0.3, -0.25) is 4.79 Å². The molecule has 0 aliphatic carbocycles. The molecule has 0 bridgehead atoms. The molecule has 0 aliphatic heterocycles. The Hall–Kier alpha value is -0.590. The molecule has 0 saturated carbocycles. The van der Waals surface area contributed by atoms with Gasteiger partial charge in [0.05, 0.1) is 0 Å². The van der Waals surface area contributed by atoms with Crippen LogP contribution in [0.5, 0.6) is 0 Å². The molecular weight excluding hydrogens is 208 g/mol. The Kier molecular flexibility index (Phi) is 13.0. The lowest BCUT2D eigenvalue weighted by atomic mass is 10.1. The highest BCUT2D eigenvalue weighted by atomic mass is 16.1. The normalized spacial score (nSPS) is 11.2. The predicted octanol–water partition coefficient (Wildman–Crippen LogP) is 5.44. The quantitative estimate of drug-likeness (QED) is 0.327. The lowest BCUT2D eigenvalue weighted by Gasteiger charge is -1.97. The van der Waals surface area contributed by atoms with Gasteiger partial charge in [0.15, 0.2) is 5.78 Å². The van der Waals surface area contributed by atoms with Crippen molar-refractivity contribution >= 4 is 5.78 Å². The number of rotatable bonds is 12. The molecule has 0 atom stereocenters. The number of carbonyl (C=O) groups is 1. The first-order valence-corrected chi connectivity index (χ1v) is 7.50. The van der Waals surface area contributed by atoms with E-state index >= 15 is 0 Å². The molecule has 0 spiro atoms. The largest absolute Gasteiger partial charge is 0.295 e. The van der Waals surface area contributed by atoms with Gasteiger partial charge < -0.3 is 0 Å². The van der Waals surface area contributed by atoms with Crippen molar-refractivity contribution in [3.63, 3.8) is 0 Å². The summed E-state index contributed by atoms with van der Waals surface area (Å²) in [6, 6.07) is 0. The molecule has 0 N–H and O–H groups in total. The van der Waals surface area contributed by atoms with Gasteiger partial charge in [0.1, 0.15) is 0 Å². The number of unbranched alkanes of at least 4 members (excludes halogenated alkanes) is 8. The molecule has 0 unspecified atom stereocenters. The zero-order chi connectivity index (χ0) is 12.8. The Morgan fingerprint density at radius 3 is 2.06 bits per heavy atom. The zero-order valence-corrected chi connectivity index (χ0v) is 11.8. The topological polar surface area (TPSA) is 17.1 Å². The minimum Gasteiger partial charge on any atom is -0.295 e. The number of carbonyl (C=O) groups excluding carboxylic acids is 1. The fraction of sp³-hybridized carbons (Fsp3) is 0.812. The van der Waals surface area contributed by atoms with E-state index in [0.717, 1.165) is 19.3 Å². The molecule has 100 valence electrons. The van der Waals surface area contributed by atoms with Crippen LogP contribution in [-0.2, 0) is 4.79 Å². The van der Waals surface area contributed by atoms with Crippen LogP contribution in [0.15, 0.2) is 12.2 Å². The standard InChI is InChI=1S/C16H30O/c1-3-5-7-9-10-11-13-15-16(17)14-12-8-6-4-2/h13,15H,3-12,14H2,1-2H3. The van der Waals surface area contributed by atoms with E-state index in [1.807, 2.05) is 0 Å². The van der Waals surface area contributed by atoms with Gasteiger partial charge >= 0.3 is 0 Å². The summed E-state index contributed by atoms with van der Waals surface area (Å²) in [5, 5.41) is 0. The van der Waals surface area contributed by atoms with Crippen molar-refractivity contribution in [1.29, 1.82) is 0 Å². The molecule has 0 aromatic heterocycles. The van der Waals surface area contributed by atoms with Crippen molar-refractivity contribution in [3.05, 3.63) is 12.2 Å². The summed E-state index contributed by atoms with van der Waals surface area (Å²) in [7, 11) is 0. The van der Waals surface area contributed by atoms with E-state index in [0.29, 0.717) is 5.78 Å². The summed E-state index contributed by atoms with van der Waals surface area (Å²) in [6.07, 6.45) is 17.0. The van der Waals surface area contributed by atoms with Crippen molar-refractivity contribution in [1.82, 2.24) is 0 Å². The maximum absolute atomic E-state index is 11.5. The minimum absolute atomic E-state index is 0.315. The number of allylic oxidation sites excluding steroid dienone is 2. The minimum atomic E-state index is 0.315. The van der Waals surface area contributed by atoms with Crippen LogP contribution in [-0.4, -0.2) is 5.78 Å². The SMILES string of the molecule is CCCCCCCC=CC(=O)CCCCCC. The Labute approximate surface area is 108 Å². The summed E-state index contributed by atoms with van der Waals surface area (Å²) in [4.78, 5) is 11.5. The Morgan fingerprint density at radius 1 is 0.824 bits per heavy atom. The molecular formula is C16H30O. The second-order valence-corrected chi connectivity index (χ2v) is 4.88. The Balaban J connectivity index is 3.28. The van der Waals surface area contributed by atoms with E-state index in [4.69, 9.17) is 0 Å². The highest BCUT2D eigenvalue weighted by molar-refractivity contribution is 5.89. The van der Waals surface area contributed by atoms with Crippen molar-refractivity contribution in [2.45, 2.75) is 84.5 Å². The van der Waals surface area contributed by atoms with Crippen LogP contribution in [0.25, 0.3) is 0 Å². The van der Waals surface area contributed by atoms with Crippen molar-refractivity contribution in [2.75, 3.05) is 0 Å². The van der Waals surface area contributed by atoms with E-state index in [9.17, 15) is 4.79 Å². The maximum Gasteiger partial charge on any atom is 0.155 e.